The molecule has 3 aromatic rings. The van der Waals surface area contributed by atoms with Gasteiger partial charge in [0.1, 0.15) is 5.52 Å². The maximum Gasteiger partial charge on any atom is 0.337 e. The Morgan fingerprint density at radius 2 is 2.14 bits per heavy atom. The Morgan fingerprint density at radius 3 is 2.79 bits per heavy atom. The summed E-state index contributed by atoms with van der Waals surface area (Å²) >= 11 is 0. The van der Waals surface area contributed by atoms with Crippen molar-refractivity contribution >= 4 is 37.8 Å². The number of sulfonamides is 1. The molecule has 10 heteroatoms. The normalized spacial score (nSPS) is 17.7. The maximum absolute atomic E-state index is 13.3. The molecule has 0 spiro atoms. The molecule has 1 atom stereocenters. The summed E-state index contributed by atoms with van der Waals surface area (Å²) in [6.45, 7) is 3.49. The van der Waals surface area contributed by atoms with Crippen LogP contribution in [0.25, 0.3) is 21.8 Å². The van der Waals surface area contributed by atoms with E-state index in [-0.39, 0.29) is 27.4 Å². The highest BCUT2D eigenvalue weighted by atomic mass is 32.2. The fourth-order valence-electron chi connectivity index (χ4n) is 3.88. The Kier molecular flexibility index (Phi) is 4.48. The zero-order valence-corrected chi connectivity index (χ0v) is 16.0. The molecular formula is C18H20N4O5S. The number of carboxylic acids is 1. The molecule has 0 aliphatic carbocycles. The Balaban J connectivity index is 1.95. The second-order valence-corrected chi connectivity index (χ2v) is 8.66. The van der Waals surface area contributed by atoms with E-state index in [2.05, 4.69) is 15.3 Å². The molecule has 4 rings (SSSR count). The summed E-state index contributed by atoms with van der Waals surface area (Å²) in [7, 11) is -3.78. The van der Waals surface area contributed by atoms with Gasteiger partial charge in [0.25, 0.3) is 5.56 Å². The minimum Gasteiger partial charge on any atom is -0.478 e. The molecule has 0 unspecified atom stereocenters. The fraction of sp³-hybridized carbons (Fsp3) is 0.333. The van der Waals surface area contributed by atoms with Crippen LogP contribution in [0.5, 0.6) is 0 Å². The molecule has 3 heterocycles. The van der Waals surface area contributed by atoms with Crippen LogP contribution in [-0.4, -0.2) is 59.4 Å². The van der Waals surface area contributed by atoms with Gasteiger partial charge in [-0.15, -0.1) is 0 Å². The first-order chi connectivity index (χ1) is 13.3. The molecule has 9 nitrogen and oxygen atoms in total. The summed E-state index contributed by atoms with van der Waals surface area (Å²) in [5.41, 5.74) is -0.0540. The van der Waals surface area contributed by atoms with Crippen LogP contribution in [0.3, 0.4) is 0 Å². The van der Waals surface area contributed by atoms with Crippen molar-refractivity contribution in [1.82, 2.24) is 19.6 Å². The van der Waals surface area contributed by atoms with Crippen LogP contribution >= 0.6 is 0 Å². The van der Waals surface area contributed by atoms with E-state index in [0.29, 0.717) is 24.0 Å². The number of benzene rings is 1. The Hall–Kier alpha value is -2.69. The standard InChI is InChI=1S/C18H20N4O5S/c1-2-22(10-5-6-19-8-10)28(26,27)11-3-4-14-12(7-11)15-13(18(24)25)9-20-16(15)17(23)21-14/h3-4,7,9-10,19-20H,2,5-6,8H2,1H3,(H,21,23)(H,24,25)/t10-/m0/s1. The van der Waals surface area contributed by atoms with E-state index in [0.717, 1.165) is 13.0 Å². The summed E-state index contributed by atoms with van der Waals surface area (Å²) in [4.78, 5) is 29.2. The highest BCUT2D eigenvalue weighted by Gasteiger charge is 2.32. The summed E-state index contributed by atoms with van der Waals surface area (Å²) in [6, 6.07) is 4.26. The van der Waals surface area contributed by atoms with E-state index in [9.17, 15) is 23.1 Å². The number of H-pyrrole nitrogens is 2. The molecule has 1 fully saturated rings. The molecule has 1 aromatic carbocycles. The van der Waals surface area contributed by atoms with Gasteiger partial charge in [-0.05, 0) is 31.2 Å². The van der Waals surface area contributed by atoms with Crippen molar-refractivity contribution in [3.8, 4) is 0 Å². The number of hydrogen-bond acceptors (Lipinski definition) is 5. The van der Waals surface area contributed by atoms with Gasteiger partial charge in [-0.1, -0.05) is 6.92 Å². The summed E-state index contributed by atoms with van der Waals surface area (Å²) in [5, 5.41) is 13.2. The third-order valence-corrected chi connectivity index (χ3v) is 7.23. The number of nitrogens with zero attached hydrogens (tertiary/aromatic N) is 1. The summed E-state index contributed by atoms with van der Waals surface area (Å²) in [5.74, 6) is -1.20. The van der Waals surface area contributed by atoms with Gasteiger partial charge in [0.15, 0.2) is 0 Å². The zero-order valence-electron chi connectivity index (χ0n) is 15.2. The van der Waals surface area contributed by atoms with Crippen molar-refractivity contribution in [2.45, 2.75) is 24.3 Å². The molecule has 2 aromatic heterocycles. The smallest absolute Gasteiger partial charge is 0.337 e. The molecule has 0 amide bonds. The van der Waals surface area contributed by atoms with Crippen LogP contribution < -0.4 is 10.9 Å². The number of likely N-dealkylation sites (N-methyl/N-ethyl adjacent to an activating group) is 1. The number of aromatic amines is 2. The van der Waals surface area contributed by atoms with E-state index in [1.807, 2.05) is 0 Å². The minimum absolute atomic E-state index is 0.0691. The highest BCUT2D eigenvalue weighted by Crippen LogP contribution is 2.29. The number of carboxylic acid groups (broad SMARTS) is 1. The zero-order chi connectivity index (χ0) is 20.1. The van der Waals surface area contributed by atoms with E-state index < -0.39 is 21.6 Å². The number of rotatable bonds is 5. The quantitative estimate of drug-likeness (QED) is 0.502. The van der Waals surface area contributed by atoms with E-state index in [1.54, 1.807) is 6.92 Å². The van der Waals surface area contributed by atoms with Crippen molar-refractivity contribution in [2.24, 2.45) is 0 Å². The lowest BCUT2D eigenvalue weighted by Gasteiger charge is -2.26. The minimum atomic E-state index is -3.78. The Labute approximate surface area is 160 Å². The molecule has 1 aliphatic rings. The third kappa shape index (κ3) is 2.81. The van der Waals surface area contributed by atoms with E-state index in [4.69, 9.17) is 0 Å². The van der Waals surface area contributed by atoms with Crippen molar-refractivity contribution in [3.05, 3.63) is 40.3 Å². The predicted octanol–water partition coefficient (Wildman–Crippen LogP) is 1.08. The number of aromatic nitrogens is 2. The van der Waals surface area contributed by atoms with Gasteiger partial charge in [-0.25, -0.2) is 13.2 Å². The first-order valence-corrected chi connectivity index (χ1v) is 10.4. The highest BCUT2D eigenvalue weighted by molar-refractivity contribution is 7.89. The van der Waals surface area contributed by atoms with Crippen LogP contribution in [0.2, 0.25) is 0 Å². The van der Waals surface area contributed by atoms with Gasteiger partial charge >= 0.3 is 5.97 Å². The Morgan fingerprint density at radius 1 is 1.36 bits per heavy atom. The van der Waals surface area contributed by atoms with E-state index >= 15 is 0 Å². The molecule has 0 radical (unpaired) electrons. The van der Waals surface area contributed by atoms with Crippen molar-refractivity contribution in [2.75, 3.05) is 19.6 Å². The van der Waals surface area contributed by atoms with Crippen molar-refractivity contribution in [1.29, 1.82) is 0 Å². The number of hydrogen-bond donors (Lipinski definition) is 4. The first kappa shape index (κ1) is 18.7. The molecule has 0 bridgehead atoms. The molecule has 28 heavy (non-hydrogen) atoms. The van der Waals surface area contributed by atoms with Crippen molar-refractivity contribution < 1.29 is 18.3 Å². The SMILES string of the molecule is CCN([C@H]1CCNC1)S(=O)(=O)c1ccc2[nH]c(=O)c3[nH]cc(C(=O)O)c3c2c1. The van der Waals surface area contributed by atoms with Gasteiger partial charge in [0, 0.05) is 41.6 Å². The fourth-order valence-corrected chi connectivity index (χ4v) is 5.57. The molecule has 0 saturated carbocycles. The summed E-state index contributed by atoms with van der Waals surface area (Å²) < 4.78 is 28.0. The van der Waals surface area contributed by atoms with E-state index in [1.165, 1.54) is 28.7 Å². The Bertz CT molecular complexity index is 1240. The molecular weight excluding hydrogens is 384 g/mol. The van der Waals surface area contributed by atoms with Crippen LogP contribution in [-0.2, 0) is 10.0 Å². The van der Waals surface area contributed by atoms with Crippen molar-refractivity contribution in [3.63, 3.8) is 0 Å². The van der Waals surface area contributed by atoms with Crippen LogP contribution in [0.4, 0.5) is 0 Å². The molecule has 1 saturated heterocycles. The number of nitrogens with one attached hydrogen (secondary N) is 3. The van der Waals surface area contributed by atoms with Crippen LogP contribution in [0, 0.1) is 0 Å². The number of pyridine rings is 1. The number of carbonyl (C=O) groups is 1. The monoisotopic (exact) mass is 404 g/mol. The predicted molar refractivity (Wildman–Crippen MR) is 104 cm³/mol. The van der Waals surface area contributed by atoms with Gasteiger partial charge in [-0.3, -0.25) is 4.79 Å². The number of fused-ring (bicyclic) bond motifs is 3. The van der Waals surface area contributed by atoms with Gasteiger partial charge in [-0.2, -0.15) is 4.31 Å². The lowest BCUT2D eigenvalue weighted by Crippen LogP contribution is -2.41. The average molecular weight is 404 g/mol. The lowest BCUT2D eigenvalue weighted by molar-refractivity contribution is 0.0699. The molecule has 148 valence electrons. The van der Waals surface area contributed by atoms with Gasteiger partial charge in [0.05, 0.1) is 10.5 Å². The third-order valence-electron chi connectivity index (χ3n) is 5.21. The van der Waals surface area contributed by atoms with Gasteiger partial charge < -0.3 is 20.4 Å². The van der Waals surface area contributed by atoms with Gasteiger partial charge in [0.2, 0.25) is 10.0 Å². The summed E-state index contributed by atoms with van der Waals surface area (Å²) in [6.07, 6.45) is 1.98. The largest absolute Gasteiger partial charge is 0.478 e. The number of aromatic carboxylic acids is 1. The second kappa shape index (κ2) is 6.73. The lowest BCUT2D eigenvalue weighted by atomic mass is 10.1. The topological polar surface area (TPSA) is 135 Å². The van der Waals surface area contributed by atoms with Crippen LogP contribution in [0.15, 0.2) is 34.1 Å². The molecule has 4 N–H and O–H groups in total. The maximum atomic E-state index is 13.3. The first-order valence-electron chi connectivity index (χ1n) is 8.97. The van der Waals surface area contributed by atoms with Crippen LogP contribution in [0.1, 0.15) is 23.7 Å². The average Bonchev–Trinajstić information content (AvgIpc) is 3.32. The molecule has 1 aliphatic heterocycles. The second-order valence-electron chi connectivity index (χ2n) is 6.77.